The number of hydrogen-bond acceptors (Lipinski definition) is 0. The molecule has 1 fully saturated rings. The van der Waals surface area contributed by atoms with Crippen LogP contribution in [0.3, 0.4) is 0 Å². The molecule has 0 heterocycles. The van der Waals surface area contributed by atoms with Gasteiger partial charge >= 0.3 is 0 Å². The number of hydrogen-bond donors (Lipinski definition) is 0. The van der Waals surface area contributed by atoms with Crippen LogP contribution in [-0.2, 0) is 0 Å². The normalized spacial score (nSPS) is 21.8. The Morgan fingerprint density at radius 1 is 1.17 bits per heavy atom. The first-order valence-electron chi connectivity index (χ1n) is 5.41. The van der Waals surface area contributed by atoms with Gasteiger partial charge in [0.2, 0.25) is 0 Å². The predicted molar refractivity (Wildman–Crippen MR) is 55.2 cm³/mol. The molecule has 70 valence electrons. The van der Waals surface area contributed by atoms with Crippen molar-refractivity contribution in [2.24, 2.45) is 11.8 Å². The van der Waals surface area contributed by atoms with E-state index >= 15 is 0 Å². The molecule has 12 heavy (non-hydrogen) atoms. The Bertz CT molecular complexity index is 147. The summed E-state index contributed by atoms with van der Waals surface area (Å²) in [6.07, 6.45) is 9.60. The smallest absolute Gasteiger partial charge is 0.0201 e. The predicted octanol–water partition coefficient (Wildman–Crippen LogP) is 4.17. The molecule has 0 radical (unpaired) electrons. The van der Waals surface area contributed by atoms with Crippen LogP contribution in [0.4, 0.5) is 0 Å². The summed E-state index contributed by atoms with van der Waals surface area (Å²) in [6.45, 7) is 6.85. The van der Waals surface area contributed by atoms with Crippen molar-refractivity contribution < 1.29 is 0 Å². The first-order chi connectivity index (χ1) is 5.75. The maximum Gasteiger partial charge on any atom is -0.0201 e. The van der Waals surface area contributed by atoms with Crippen LogP contribution < -0.4 is 0 Å². The van der Waals surface area contributed by atoms with Crippen molar-refractivity contribution in [2.45, 2.75) is 52.9 Å². The minimum atomic E-state index is 0.762. The van der Waals surface area contributed by atoms with Gasteiger partial charge in [-0.2, -0.15) is 0 Å². The van der Waals surface area contributed by atoms with Gasteiger partial charge in [-0.05, 0) is 31.6 Å². The van der Waals surface area contributed by atoms with Gasteiger partial charge in [0.15, 0.2) is 0 Å². The second kappa shape index (κ2) is 4.69. The summed E-state index contributed by atoms with van der Waals surface area (Å²) in [4.78, 5) is 0. The molecule has 0 unspecified atom stereocenters. The topological polar surface area (TPSA) is 0 Å². The number of rotatable bonds is 2. The van der Waals surface area contributed by atoms with Crippen LogP contribution in [0.5, 0.6) is 0 Å². The van der Waals surface area contributed by atoms with E-state index in [1.54, 1.807) is 5.57 Å². The monoisotopic (exact) mass is 166 g/mol. The Morgan fingerprint density at radius 2 is 1.75 bits per heavy atom. The molecule has 0 aromatic rings. The maximum atomic E-state index is 2.35. The fraction of sp³-hybridized carbons (Fsp3) is 0.833. The molecule has 0 spiro atoms. The average molecular weight is 166 g/mol. The molecule has 0 aromatic heterocycles. The van der Waals surface area contributed by atoms with Gasteiger partial charge in [-0.25, -0.2) is 0 Å². The third kappa shape index (κ3) is 2.36. The largest absolute Gasteiger partial charge is 0.0879 e. The molecule has 0 saturated heterocycles. The summed E-state index contributed by atoms with van der Waals surface area (Å²) in [7, 11) is 0. The Labute approximate surface area is 77.1 Å². The minimum absolute atomic E-state index is 0.762. The van der Waals surface area contributed by atoms with E-state index in [0.29, 0.717) is 0 Å². The zero-order valence-electron chi connectivity index (χ0n) is 8.77. The van der Waals surface area contributed by atoms with Gasteiger partial charge in [0, 0.05) is 0 Å². The van der Waals surface area contributed by atoms with Crippen LogP contribution in [0.15, 0.2) is 11.6 Å². The van der Waals surface area contributed by atoms with Gasteiger partial charge in [-0.3, -0.25) is 0 Å². The van der Waals surface area contributed by atoms with Gasteiger partial charge in [0.05, 0.1) is 0 Å². The first kappa shape index (κ1) is 9.83. The van der Waals surface area contributed by atoms with Crippen molar-refractivity contribution in [2.75, 3.05) is 0 Å². The van der Waals surface area contributed by atoms with E-state index in [4.69, 9.17) is 0 Å². The van der Waals surface area contributed by atoms with Crippen LogP contribution in [-0.4, -0.2) is 0 Å². The van der Waals surface area contributed by atoms with E-state index in [0.717, 1.165) is 11.8 Å². The lowest BCUT2D eigenvalue weighted by Crippen LogP contribution is -2.12. The maximum absolute atomic E-state index is 2.35. The summed E-state index contributed by atoms with van der Waals surface area (Å²) in [5, 5.41) is 0. The van der Waals surface area contributed by atoms with Gasteiger partial charge in [0.25, 0.3) is 0 Å². The summed E-state index contributed by atoms with van der Waals surface area (Å²) in [5.74, 6) is 1.68. The molecule has 0 aliphatic heterocycles. The third-order valence-corrected chi connectivity index (χ3v) is 3.08. The van der Waals surface area contributed by atoms with Gasteiger partial charge in [-0.15, -0.1) is 0 Å². The molecule has 1 aliphatic rings. The van der Waals surface area contributed by atoms with Gasteiger partial charge < -0.3 is 0 Å². The van der Waals surface area contributed by atoms with E-state index in [1.165, 1.54) is 32.1 Å². The quantitative estimate of drug-likeness (QED) is 0.540. The molecule has 0 nitrogen and oxygen atoms in total. The van der Waals surface area contributed by atoms with Crippen molar-refractivity contribution in [3.8, 4) is 0 Å². The fourth-order valence-electron chi connectivity index (χ4n) is 2.48. The van der Waals surface area contributed by atoms with Crippen LogP contribution >= 0.6 is 0 Å². The van der Waals surface area contributed by atoms with Gasteiger partial charge in [0.1, 0.15) is 0 Å². The molecule has 0 N–H and O–H groups in total. The van der Waals surface area contributed by atoms with E-state index in [9.17, 15) is 0 Å². The highest BCUT2D eigenvalue weighted by molar-refractivity contribution is 5.08. The van der Waals surface area contributed by atoms with Crippen LogP contribution in [0, 0.1) is 11.8 Å². The molecular weight excluding hydrogens is 144 g/mol. The second-order valence-electron chi connectivity index (χ2n) is 4.28. The summed E-state index contributed by atoms with van der Waals surface area (Å²) >= 11 is 0. The Morgan fingerprint density at radius 3 is 2.17 bits per heavy atom. The van der Waals surface area contributed by atoms with E-state index in [1.807, 2.05) is 0 Å². The van der Waals surface area contributed by atoms with Crippen molar-refractivity contribution in [1.29, 1.82) is 0 Å². The van der Waals surface area contributed by atoms with Crippen molar-refractivity contribution in [1.82, 2.24) is 0 Å². The fourth-order valence-corrected chi connectivity index (χ4v) is 2.48. The molecule has 1 aliphatic carbocycles. The lowest BCUT2D eigenvalue weighted by molar-refractivity contribution is 0.380. The van der Waals surface area contributed by atoms with Crippen molar-refractivity contribution >= 4 is 0 Å². The molecule has 0 amide bonds. The molecular formula is C12H22. The van der Waals surface area contributed by atoms with E-state index in [-0.39, 0.29) is 0 Å². The lowest BCUT2D eigenvalue weighted by atomic mass is 9.79. The Balaban J connectivity index is 2.53. The summed E-state index contributed by atoms with van der Waals surface area (Å²) in [5.41, 5.74) is 1.70. The first-order valence-corrected chi connectivity index (χ1v) is 5.41. The SMILES string of the molecule is CC=C(C(C)C)C1CCCCC1. The molecule has 0 aromatic carbocycles. The van der Waals surface area contributed by atoms with Crippen molar-refractivity contribution in [3.63, 3.8) is 0 Å². The molecule has 0 atom stereocenters. The Kier molecular flexibility index (Phi) is 3.84. The highest BCUT2D eigenvalue weighted by atomic mass is 14.2. The Hall–Kier alpha value is -0.260. The number of allylic oxidation sites excluding steroid dienone is 2. The third-order valence-electron chi connectivity index (χ3n) is 3.08. The summed E-state index contributed by atoms with van der Waals surface area (Å²) < 4.78 is 0. The minimum Gasteiger partial charge on any atom is -0.0879 e. The van der Waals surface area contributed by atoms with Crippen LogP contribution in [0.2, 0.25) is 0 Å². The second-order valence-corrected chi connectivity index (χ2v) is 4.28. The summed E-state index contributed by atoms with van der Waals surface area (Å²) in [6, 6.07) is 0. The highest BCUT2D eigenvalue weighted by Crippen LogP contribution is 2.33. The lowest BCUT2D eigenvalue weighted by Gasteiger charge is -2.26. The molecule has 0 bridgehead atoms. The van der Waals surface area contributed by atoms with Crippen LogP contribution in [0.25, 0.3) is 0 Å². The average Bonchev–Trinajstić information content (AvgIpc) is 2.07. The standard InChI is InChI=1S/C12H22/c1-4-12(10(2)3)11-8-6-5-7-9-11/h4,10-11H,5-9H2,1-3H3. The zero-order chi connectivity index (χ0) is 8.97. The van der Waals surface area contributed by atoms with E-state index < -0.39 is 0 Å². The van der Waals surface area contributed by atoms with Crippen LogP contribution in [0.1, 0.15) is 52.9 Å². The van der Waals surface area contributed by atoms with E-state index in [2.05, 4.69) is 26.8 Å². The highest BCUT2D eigenvalue weighted by Gasteiger charge is 2.18. The van der Waals surface area contributed by atoms with Crippen molar-refractivity contribution in [3.05, 3.63) is 11.6 Å². The molecule has 1 rings (SSSR count). The molecule has 0 heteroatoms. The zero-order valence-corrected chi connectivity index (χ0v) is 8.77. The van der Waals surface area contributed by atoms with Gasteiger partial charge in [-0.1, -0.05) is 44.8 Å². The molecule has 1 saturated carbocycles.